The number of thioether (sulfide) groups is 1. The number of hydrogen-bond acceptors (Lipinski definition) is 6. The van der Waals surface area contributed by atoms with Gasteiger partial charge in [0.2, 0.25) is 5.91 Å². The van der Waals surface area contributed by atoms with E-state index >= 15 is 0 Å². The van der Waals surface area contributed by atoms with Gasteiger partial charge in [0, 0.05) is 36.8 Å². The van der Waals surface area contributed by atoms with Crippen molar-refractivity contribution in [3.8, 4) is 17.1 Å². The summed E-state index contributed by atoms with van der Waals surface area (Å²) >= 11 is 1.28. The van der Waals surface area contributed by atoms with Gasteiger partial charge in [-0.05, 0) is 49.2 Å². The predicted octanol–water partition coefficient (Wildman–Crippen LogP) is 2.86. The Balaban J connectivity index is 1.52. The highest BCUT2D eigenvalue weighted by Gasteiger charge is 2.19. The largest absolute Gasteiger partial charge is 0.376 e. The molecular formula is C20H20FN5O2S. The molecule has 1 saturated heterocycles. The van der Waals surface area contributed by atoms with Gasteiger partial charge in [0.05, 0.1) is 11.9 Å². The quantitative estimate of drug-likeness (QED) is 0.600. The highest BCUT2D eigenvalue weighted by atomic mass is 32.2. The first kappa shape index (κ1) is 19.5. The second-order valence-corrected chi connectivity index (χ2v) is 7.52. The van der Waals surface area contributed by atoms with Crippen molar-refractivity contribution in [3.05, 3.63) is 54.6 Å². The van der Waals surface area contributed by atoms with Crippen LogP contribution < -0.4 is 5.32 Å². The molecule has 0 aliphatic carbocycles. The zero-order chi connectivity index (χ0) is 20.1. The number of amides is 1. The number of hydrogen-bond donors (Lipinski definition) is 1. The van der Waals surface area contributed by atoms with Crippen LogP contribution in [0.4, 0.5) is 4.39 Å². The SMILES string of the molecule is O=C(CSc1nnc(-c2ccncc2)n1-c1ccc(F)cc1)NC[C@H]1CCCO1. The molecule has 2 aromatic heterocycles. The summed E-state index contributed by atoms with van der Waals surface area (Å²) in [6, 6.07) is 9.73. The van der Waals surface area contributed by atoms with Crippen molar-refractivity contribution in [2.24, 2.45) is 0 Å². The molecule has 0 radical (unpaired) electrons. The van der Waals surface area contributed by atoms with Crippen LogP contribution in [0.3, 0.4) is 0 Å². The predicted molar refractivity (Wildman–Crippen MR) is 107 cm³/mol. The highest BCUT2D eigenvalue weighted by molar-refractivity contribution is 7.99. The van der Waals surface area contributed by atoms with Crippen molar-refractivity contribution >= 4 is 17.7 Å². The molecule has 9 heteroatoms. The molecule has 1 atom stereocenters. The highest BCUT2D eigenvalue weighted by Crippen LogP contribution is 2.27. The molecule has 0 unspecified atom stereocenters. The Bertz CT molecular complexity index is 959. The van der Waals surface area contributed by atoms with Gasteiger partial charge in [0.15, 0.2) is 11.0 Å². The van der Waals surface area contributed by atoms with E-state index in [2.05, 4.69) is 20.5 Å². The lowest BCUT2D eigenvalue weighted by atomic mass is 10.2. The first-order valence-corrected chi connectivity index (χ1v) is 10.3. The van der Waals surface area contributed by atoms with Crippen LogP contribution in [0.2, 0.25) is 0 Å². The number of pyridine rings is 1. The lowest BCUT2D eigenvalue weighted by Gasteiger charge is -2.12. The van der Waals surface area contributed by atoms with E-state index < -0.39 is 0 Å². The fourth-order valence-electron chi connectivity index (χ4n) is 3.09. The lowest BCUT2D eigenvalue weighted by molar-refractivity contribution is -0.119. The normalized spacial score (nSPS) is 16.1. The van der Waals surface area contributed by atoms with Crippen molar-refractivity contribution in [1.29, 1.82) is 0 Å². The number of halogens is 1. The summed E-state index contributed by atoms with van der Waals surface area (Å²) in [6.07, 6.45) is 5.45. The fourth-order valence-corrected chi connectivity index (χ4v) is 3.87. The molecule has 1 aliphatic rings. The van der Waals surface area contributed by atoms with Gasteiger partial charge in [-0.25, -0.2) is 4.39 Å². The number of rotatable bonds is 7. The molecule has 0 spiro atoms. The molecule has 1 N–H and O–H groups in total. The van der Waals surface area contributed by atoms with E-state index in [1.165, 1.54) is 23.9 Å². The summed E-state index contributed by atoms with van der Waals surface area (Å²) in [5, 5.41) is 12.0. The number of benzene rings is 1. The van der Waals surface area contributed by atoms with Gasteiger partial charge in [-0.2, -0.15) is 0 Å². The first-order valence-electron chi connectivity index (χ1n) is 9.33. The van der Waals surface area contributed by atoms with Crippen LogP contribution in [-0.2, 0) is 9.53 Å². The average molecular weight is 413 g/mol. The molecular weight excluding hydrogens is 393 g/mol. The van der Waals surface area contributed by atoms with Gasteiger partial charge in [-0.3, -0.25) is 14.3 Å². The Morgan fingerprint density at radius 1 is 1.21 bits per heavy atom. The summed E-state index contributed by atoms with van der Waals surface area (Å²) in [7, 11) is 0. The molecule has 1 aliphatic heterocycles. The maximum Gasteiger partial charge on any atom is 0.230 e. The van der Waals surface area contributed by atoms with Crippen LogP contribution in [0.1, 0.15) is 12.8 Å². The van der Waals surface area contributed by atoms with E-state index in [-0.39, 0.29) is 23.6 Å². The zero-order valence-electron chi connectivity index (χ0n) is 15.6. The minimum atomic E-state index is -0.324. The van der Waals surface area contributed by atoms with Crippen molar-refractivity contribution < 1.29 is 13.9 Å². The number of carbonyl (C=O) groups excluding carboxylic acids is 1. The van der Waals surface area contributed by atoms with E-state index in [1.54, 1.807) is 24.5 Å². The molecule has 29 heavy (non-hydrogen) atoms. The third-order valence-electron chi connectivity index (χ3n) is 4.54. The van der Waals surface area contributed by atoms with Crippen LogP contribution in [0.5, 0.6) is 0 Å². The number of aromatic nitrogens is 4. The van der Waals surface area contributed by atoms with E-state index in [1.807, 2.05) is 16.7 Å². The van der Waals surface area contributed by atoms with E-state index in [0.717, 1.165) is 25.0 Å². The van der Waals surface area contributed by atoms with Crippen LogP contribution in [0.15, 0.2) is 53.9 Å². The van der Waals surface area contributed by atoms with Crippen LogP contribution in [0.25, 0.3) is 17.1 Å². The van der Waals surface area contributed by atoms with E-state index in [0.29, 0.717) is 23.2 Å². The molecule has 7 nitrogen and oxygen atoms in total. The minimum absolute atomic E-state index is 0.0929. The molecule has 150 valence electrons. The van der Waals surface area contributed by atoms with Gasteiger partial charge >= 0.3 is 0 Å². The third kappa shape index (κ3) is 4.80. The molecule has 1 aromatic carbocycles. The van der Waals surface area contributed by atoms with Crippen molar-refractivity contribution in [3.63, 3.8) is 0 Å². The van der Waals surface area contributed by atoms with E-state index in [4.69, 9.17) is 4.74 Å². The summed E-state index contributed by atoms with van der Waals surface area (Å²) in [4.78, 5) is 16.3. The Labute approximate surface area is 171 Å². The number of ether oxygens (including phenoxy) is 1. The van der Waals surface area contributed by atoms with Crippen molar-refractivity contribution in [1.82, 2.24) is 25.1 Å². The zero-order valence-corrected chi connectivity index (χ0v) is 16.4. The Hall–Kier alpha value is -2.78. The molecule has 0 saturated carbocycles. The summed E-state index contributed by atoms with van der Waals surface area (Å²) in [5.74, 6) is 0.378. The maximum absolute atomic E-state index is 13.4. The van der Waals surface area contributed by atoms with Crippen molar-refractivity contribution in [2.45, 2.75) is 24.1 Å². The fraction of sp³-hybridized carbons (Fsp3) is 0.300. The molecule has 1 amide bonds. The monoisotopic (exact) mass is 413 g/mol. The maximum atomic E-state index is 13.4. The lowest BCUT2D eigenvalue weighted by Crippen LogP contribution is -2.32. The van der Waals surface area contributed by atoms with E-state index in [9.17, 15) is 9.18 Å². The smallest absolute Gasteiger partial charge is 0.230 e. The summed E-state index contributed by atoms with van der Waals surface area (Å²) in [5.41, 5.74) is 1.54. The first-order chi connectivity index (χ1) is 14.2. The topological polar surface area (TPSA) is 81.9 Å². The Morgan fingerprint density at radius 2 is 2.00 bits per heavy atom. The molecule has 3 heterocycles. The van der Waals surface area contributed by atoms with Gasteiger partial charge in [-0.15, -0.1) is 10.2 Å². The third-order valence-corrected chi connectivity index (χ3v) is 5.47. The van der Waals surface area contributed by atoms with Gasteiger partial charge in [-0.1, -0.05) is 11.8 Å². The average Bonchev–Trinajstić information content (AvgIpc) is 3.42. The van der Waals surface area contributed by atoms with Gasteiger partial charge in [0.25, 0.3) is 0 Å². The van der Waals surface area contributed by atoms with Crippen LogP contribution in [-0.4, -0.2) is 50.7 Å². The van der Waals surface area contributed by atoms with Gasteiger partial charge in [0.1, 0.15) is 5.82 Å². The minimum Gasteiger partial charge on any atom is -0.376 e. The van der Waals surface area contributed by atoms with Gasteiger partial charge < -0.3 is 10.1 Å². The number of nitrogens with one attached hydrogen (secondary N) is 1. The second kappa shape index (κ2) is 9.15. The second-order valence-electron chi connectivity index (χ2n) is 6.58. The molecule has 4 rings (SSSR count). The summed E-state index contributed by atoms with van der Waals surface area (Å²) in [6.45, 7) is 1.28. The summed E-state index contributed by atoms with van der Waals surface area (Å²) < 4.78 is 20.7. The standard InChI is InChI=1S/C20H20FN5O2S/c21-15-3-5-16(6-4-15)26-19(14-7-9-22-10-8-14)24-25-20(26)29-13-18(27)23-12-17-2-1-11-28-17/h3-10,17H,1-2,11-13H2,(H,23,27)/t17-/m1/s1. The molecule has 0 bridgehead atoms. The van der Waals surface area contributed by atoms with Crippen LogP contribution >= 0.6 is 11.8 Å². The Morgan fingerprint density at radius 3 is 2.72 bits per heavy atom. The molecule has 1 fully saturated rings. The van der Waals surface area contributed by atoms with Crippen LogP contribution in [0, 0.1) is 5.82 Å². The molecule has 3 aromatic rings. The Kier molecular flexibility index (Phi) is 6.16. The number of carbonyl (C=O) groups is 1. The van der Waals surface area contributed by atoms with Crippen molar-refractivity contribution in [2.75, 3.05) is 18.9 Å². The number of nitrogens with zero attached hydrogens (tertiary/aromatic N) is 4.